The van der Waals surface area contributed by atoms with Crippen molar-refractivity contribution in [2.24, 2.45) is 0 Å². The van der Waals surface area contributed by atoms with Gasteiger partial charge in [0.05, 0.1) is 31.4 Å². The molecule has 168 valence electrons. The number of aliphatic hydroxyl groups excluding tert-OH is 1. The summed E-state index contributed by atoms with van der Waals surface area (Å²) in [7, 11) is 2.82. The third-order valence-corrected chi connectivity index (χ3v) is 5.39. The lowest BCUT2D eigenvalue weighted by atomic mass is 9.94. The lowest BCUT2D eigenvalue weighted by Gasteiger charge is -2.26. The van der Waals surface area contributed by atoms with E-state index in [4.69, 9.17) is 9.47 Å². The first-order chi connectivity index (χ1) is 15.9. The van der Waals surface area contributed by atoms with Gasteiger partial charge < -0.3 is 14.6 Å². The fraction of sp³-hybridized carbons (Fsp3) is 0.120. The van der Waals surface area contributed by atoms with Crippen LogP contribution in [0.3, 0.4) is 0 Å². The van der Waals surface area contributed by atoms with Crippen LogP contribution in [0.4, 0.5) is 14.5 Å². The lowest BCUT2D eigenvalue weighted by molar-refractivity contribution is -0.132. The molecule has 1 N–H and O–H groups in total. The van der Waals surface area contributed by atoms with E-state index in [0.717, 1.165) is 11.0 Å². The predicted molar refractivity (Wildman–Crippen MR) is 117 cm³/mol. The summed E-state index contributed by atoms with van der Waals surface area (Å²) in [5.41, 5.74) is -0.226. The zero-order valence-corrected chi connectivity index (χ0v) is 17.7. The zero-order chi connectivity index (χ0) is 23.7. The number of Topliss-reactive ketones (excluding diaryl/α,β-unsaturated/α-hetero) is 1. The van der Waals surface area contributed by atoms with Crippen LogP contribution in [0, 0.1) is 11.6 Å². The van der Waals surface area contributed by atoms with Crippen molar-refractivity contribution >= 4 is 23.1 Å². The minimum atomic E-state index is -1.33. The number of halogens is 2. The summed E-state index contributed by atoms with van der Waals surface area (Å²) in [6.07, 6.45) is 0. The molecule has 1 aliphatic rings. The van der Waals surface area contributed by atoms with Crippen LogP contribution in [0.1, 0.15) is 17.2 Å². The van der Waals surface area contributed by atoms with Gasteiger partial charge in [-0.25, -0.2) is 8.78 Å². The predicted octanol–water partition coefficient (Wildman–Crippen LogP) is 4.61. The molecule has 1 unspecified atom stereocenters. The highest BCUT2D eigenvalue weighted by Gasteiger charge is 2.48. The monoisotopic (exact) mass is 451 g/mol. The average Bonchev–Trinajstić information content (AvgIpc) is 3.08. The Morgan fingerprint density at radius 3 is 2.36 bits per heavy atom. The van der Waals surface area contributed by atoms with Crippen LogP contribution in [-0.4, -0.2) is 31.0 Å². The van der Waals surface area contributed by atoms with E-state index in [0.29, 0.717) is 5.75 Å². The molecule has 1 atom stereocenters. The second kappa shape index (κ2) is 8.74. The summed E-state index contributed by atoms with van der Waals surface area (Å²) in [4.78, 5) is 27.1. The van der Waals surface area contributed by atoms with Crippen LogP contribution in [0.15, 0.2) is 72.3 Å². The fourth-order valence-electron chi connectivity index (χ4n) is 3.86. The molecular formula is C25H19F2NO5. The van der Waals surface area contributed by atoms with Gasteiger partial charge in [-0.2, -0.15) is 0 Å². The van der Waals surface area contributed by atoms with Gasteiger partial charge in [0.15, 0.2) is 0 Å². The smallest absolute Gasteiger partial charge is 0.300 e. The molecule has 8 heteroatoms. The molecule has 33 heavy (non-hydrogen) atoms. The molecular weight excluding hydrogens is 432 g/mol. The lowest BCUT2D eigenvalue weighted by Crippen LogP contribution is -2.30. The highest BCUT2D eigenvalue weighted by Crippen LogP contribution is 2.44. The third-order valence-electron chi connectivity index (χ3n) is 5.39. The first-order valence-electron chi connectivity index (χ1n) is 9.90. The van der Waals surface area contributed by atoms with E-state index < -0.39 is 35.1 Å². The van der Waals surface area contributed by atoms with Gasteiger partial charge in [0.25, 0.3) is 11.7 Å². The van der Waals surface area contributed by atoms with Crippen molar-refractivity contribution in [3.05, 3.63) is 95.1 Å². The van der Waals surface area contributed by atoms with Crippen LogP contribution in [0.2, 0.25) is 0 Å². The second-order valence-corrected chi connectivity index (χ2v) is 7.24. The summed E-state index contributed by atoms with van der Waals surface area (Å²) in [5, 5.41) is 11.2. The molecule has 1 amide bonds. The molecule has 1 heterocycles. The van der Waals surface area contributed by atoms with Gasteiger partial charge in [-0.15, -0.1) is 0 Å². The molecule has 1 fully saturated rings. The third kappa shape index (κ3) is 3.80. The summed E-state index contributed by atoms with van der Waals surface area (Å²) in [6.45, 7) is 0. The molecule has 3 aromatic carbocycles. The van der Waals surface area contributed by atoms with E-state index in [9.17, 15) is 23.5 Å². The summed E-state index contributed by atoms with van der Waals surface area (Å²) in [5.74, 6) is -3.34. The first-order valence-corrected chi connectivity index (χ1v) is 9.90. The van der Waals surface area contributed by atoms with Crippen LogP contribution in [-0.2, 0) is 9.59 Å². The van der Waals surface area contributed by atoms with Gasteiger partial charge in [0.2, 0.25) is 0 Å². The average molecular weight is 451 g/mol. The maximum absolute atomic E-state index is 14.9. The van der Waals surface area contributed by atoms with Crippen molar-refractivity contribution in [3.63, 3.8) is 0 Å². The minimum Gasteiger partial charge on any atom is -0.507 e. The summed E-state index contributed by atoms with van der Waals surface area (Å²) < 4.78 is 39.3. The normalized spacial score (nSPS) is 17.3. The van der Waals surface area contributed by atoms with Crippen LogP contribution < -0.4 is 14.4 Å². The molecule has 0 radical (unpaired) electrons. The number of aliphatic hydroxyl groups is 1. The van der Waals surface area contributed by atoms with Crippen molar-refractivity contribution in [2.45, 2.75) is 6.04 Å². The maximum atomic E-state index is 14.9. The number of carbonyl (C=O) groups excluding carboxylic acids is 2. The van der Waals surface area contributed by atoms with E-state index in [2.05, 4.69) is 0 Å². The number of ether oxygens (including phenoxy) is 2. The van der Waals surface area contributed by atoms with Crippen LogP contribution in [0.5, 0.6) is 11.5 Å². The quantitative estimate of drug-likeness (QED) is 0.348. The highest BCUT2D eigenvalue weighted by molar-refractivity contribution is 6.51. The number of benzene rings is 3. The van der Waals surface area contributed by atoms with Gasteiger partial charge in [0.1, 0.15) is 28.9 Å². The SMILES string of the molecule is COc1ccc(/C(O)=C2\C(=O)C(=O)N(c3cccc(F)c3)C2c2ccccc2F)c(OC)c1. The molecule has 3 aromatic rings. The zero-order valence-electron chi connectivity index (χ0n) is 17.7. The number of carbonyl (C=O) groups is 2. The number of hydrogen-bond donors (Lipinski definition) is 1. The number of rotatable bonds is 5. The molecule has 0 aliphatic carbocycles. The Balaban J connectivity index is 1.99. The van der Waals surface area contributed by atoms with Crippen molar-refractivity contribution < 1.29 is 33.0 Å². The summed E-state index contributed by atoms with van der Waals surface area (Å²) >= 11 is 0. The number of anilines is 1. The topological polar surface area (TPSA) is 76.1 Å². The molecule has 0 spiro atoms. The van der Waals surface area contributed by atoms with Gasteiger partial charge in [0, 0.05) is 17.3 Å². The molecule has 0 saturated carbocycles. The number of methoxy groups -OCH3 is 2. The van der Waals surface area contributed by atoms with Crippen LogP contribution in [0.25, 0.3) is 5.76 Å². The Labute approximate surface area is 188 Å². The van der Waals surface area contributed by atoms with Crippen molar-refractivity contribution in [1.82, 2.24) is 0 Å². The first kappa shape index (κ1) is 22.0. The molecule has 1 aliphatic heterocycles. The Hall–Kier alpha value is -4.20. The van der Waals surface area contributed by atoms with E-state index in [1.54, 1.807) is 6.07 Å². The van der Waals surface area contributed by atoms with E-state index in [1.807, 2.05) is 0 Å². The van der Waals surface area contributed by atoms with Crippen molar-refractivity contribution in [3.8, 4) is 11.5 Å². The largest absolute Gasteiger partial charge is 0.507 e. The number of nitrogens with zero attached hydrogens (tertiary/aromatic N) is 1. The number of hydrogen-bond acceptors (Lipinski definition) is 5. The van der Waals surface area contributed by atoms with Gasteiger partial charge in [-0.05, 0) is 36.4 Å². The Bertz CT molecular complexity index is 1290. The Morgan fingerprint density at radius 2 is 1.70 bits per heavy atom. The molecule has 0 bridgehead atoms. The van der Waals surface area contributed by atoms with Crippen molar-refractivity contribution in [1.29, 1.82) is 0 Å². The van der Waals surface area contributed by atoms with Crippen molar-refractivity contribution in [2.75, 3.05) is 19.1 Å². The van der Waals surface area contributed by atoms with E-state index in [-0.39, 0.29) is 28.1 Å². The number of ketones is 1. The molecule has 0 aromatic heterocycles. The second-order valence-electron chi connectivity index (χ2n) is 7.24. The van der Waals surface area contributed by atoms with Crippen LogP contribution >= 0.6 is 0 Å². The van der Waals surface area contributed by atoms with Gasteiger partial charge in [-0.1, -0.05) is 24.3 Å². The Morgan fingerprint density at radius 1 is 0.939 bits per heavy atom. The van der Waals surface area contributed by atoms with E-state index >= 15 is 0 Å². The maximum Gasteiger partial charge on any atom is 0.300 e. The molecule has 4 rings (SSSR count). The molecule has 1 saturated heterocycles. The van der Waals surface area contributed by atoms with Gasteiger partial charge >= 0.3 is 0 Å². The van der Waals surface area contributed by atoms with E-state index in [1.165, 1.54) is 68.8 Å². The molecule has 6 nitrogen and oxygen atoms in total. The number of amides is 1. The standard InChI is InChI=1S/C25H19F2NO5/c1-32-16-10-11-18(20(13-16)33-2)23(29)21-22(17-8-3-4-9-19(17)27)28(25(31)24(21)30)15-7-5-6-14(26)12-15/h3-13,22,29H,1-2H3/b23-21+. The Kier molecular flexibility index (Phi) is 5.83. The highest BCUT2D eigenvalue weighted by atomic mass is 19.1. The summed E-state index contributed by atoms with van der Waals surface area (Å²) in [6, 6.07) is 13.8. The van der Waals surface area contributed by atoms with Gasteiger partial charge in [-0.3, -0.25) is 14.5 Å². The minimum absolute atomic E-state index is 0.0324. The fourth-order valence-corrected chi connectivity index (χ4v) is 3.86.